The number of hydrogen-bond donors (Lipinski definition) is 1. The molecule has 0 unspecified atom stereocenters. The maximum absolute atomic E-state index is 13.9. The molecule has 0 bridgehead atoms. The van der Waals surface area contributed by atoms with Crippen LogP contribution in [0.1, 0.15) is 5.56 Å². The van der Waals surface area contributed by atoms with Crippen LogP contribution < -0.4 is 14.9 Å². The Morgan fingerprint density at radius 1 is 1.06 bits per heavy atom. The lowest BCUT2D eigenvalue weighted by molar-refractivity contribution is -0.118. The summed E-state index contributed by atoms with van der Waals surface area (Å²) in [6, 6.07) is 19.1. The summed E-state index contributed by atoms with van der Waals surface area (Å²) in [5.74, 6) is 1.08. The largest absolute Gasteiger partial charge is 0.497 e. The molecule has 1 aromatic heterocycles. The van der Waals surface area contributed by atoms with Gasteiger partial charge in [0.05, 0.1) is 31.2 Å². The fourth-order valence-electron chi connectivity index (χ4n) is 3.22. The van der Waals surface area contributed by atoms with Crippen LogP contribution in [0.2, 0.25) is 5.02 Å². The molecular formula is C25H21ClFN5O3S. The molecule has 0 aliphatic carbocycles. The summed E-state index contributed by atoms with van der Waals surface area (Å²) in [6.07, 6.45) is 1.17. The van der Waals surface area contributed by atoms with E-state index in [1.807, 2.05) is 53.1 Å². The summed E-state index contributed by atoms with van der Waals surface area (Å²) in [6.45, 7) is 0. The number of nitrogens with one attached hydrogen (secondary N) is 1. The normalized spacial score (nSPS) is 11.0. The Kier molecular flexibility index (Phi) is 8.19. The van der Waals surface area contributed by atoms with Crippen molar-refractivity contribution in [3.05, 3.63) is 83.1 Å². The number of halogens is 2. The van der Waals surface area contributed by atoms with E-state index >= 15 is 0 Å². The molecule has 0 fully saturated rings. The van der Waals surface area contributed by atoms with Gasteiger partial charge in [-0.1, -0.05) is 29.4 Å². The summed E-state index contributed by atoms with van der Waals surface area (Å²) < 4.78 is 26.2. The molecule has 8 nitrogen and oxygen atoms in total. The zero-order valence-electron chi connectivity index (χ0n) is 19.3. The van der Waals surface area contributed by atoms with Crippen molar-refractivity contribution < 1.29 is 18.7 Å². The third-order valence-corrected chi connectivity index (χ3v) is 6.29. The highest BCUT2D eigenvalue weighted by Gasteiger charge is 2.17. The number of benzene rings is 3. The first-order valence-corrected chi connectivity index (χ1v) is 12.0. The second-order valence-electron chi connectivity index (χ2n) is 7.29. The summed E-state index contributed by atoms with van der Waals surface area (Å²) in [5.41, 5.74) is 4.09. The van der Waals surface area contributed by atoms with Crippen LogP contribution in [0.3, 0.4) is 0 Å². The molecule has 0 saturated carbocycles. The van der Waals surface area contributed by atoms with Gasteiger partial charge in [-0.2, -0.15) is 5.10 Å². The topological polar surface area (TPSA) is 90.6 Å². The number of carbonyl (C=O) groups is 1. The van der Waals surface area contributed by atoms with Crippen molar-refractivity contribution in [3.8, 4) is 28.6 Å². The van der Waals surface area contributed by atoms with Crippen molar-refractivity contribution >= 4 is 35.5 Å². The SMILES string of the molecule is COc1ccc(-c2nnc(SCC(=O)N/N=C\c3c(F)cccc3Cl)n2-c2ccc(OC)cc2)cc1. The third-order valence-electron chi connectivity index (χ3n) is 5.03. The maximum atomic E-state index is 13.9. The van der Waals surface area contributed by atoms with Crippen molar-refractivity contribution in [1.82, 2.24) is 20.2 Å². The summed E-state index contributed by atoms with van der Waals surface area (Å²) >= 11 is 7.15. The van der Waals surface area contributed by atoms with E-state index in [4.69, 9.17) is 21.1 Å². The molecule has 4 aromatic rings. The van der Waals surface area contributed by atoms with Crippen molar-refractivity contribution in [3.63, 3.8) is 0 Å². The molecule has 184 valence electrons. The Morgan fingerprint density at radius 3 is 2.36 bits per heavy atom. The average Bonchev–Trinajstić information content (AvgIpc) is 3.33. The molecule has 36 heavy (non-hydrogen) atoms. The van der Waals surface area contributed by atoms with Gasteiger partial charge in [0.15, 0.2) is 11.0 Å². The van der Waals surface area contributed by atoms with Crippen LogP contribution in [0.15, 0.2) is 77.0 Å². The predicted molar refractivity (Wildman–Crippen MR) is 138 cm³/mol. The number of nitrogens with zero attached hydrogens (tertiary/aromatic N) is 4. The van der Waals surface area contributed by atoms with Crippen LogP contribution >= 0.6 is 23.4 Å². The van der Waals surface area contributed by atoms with E-state index in [0.717, 1.165) is 17.0 Å². The third kappa shape index (κ3) is 5.84. The van der Waals surface area contributed by atoms with Gasteiger partial charge >= 0.3 is 0 Å². The van der Waals surface area contributed by atoms with Gasteiger partial charge in [-0.05, 0) is 60.7 Å². The van der Waals surface area contributed by atoms with Gasteiger partial charge in [-0.15, -0.1) is 10.2 Å². The highest BCUT2D eigenvalue weighted by atomic mass is 35.5. The van der Waals surface area contributed by atoms with Gasteiger partial charge in [0.1, 0.15) is 17.3 Å². The van der Waals surface area contributed by atoms with Crippen LogP contribution in [-0.2, 0) is 4.79 Å². The summed E-state index contributed by atoms with van der Waals surface area (Å²) in [7, 11) is 3.20. The number of hydrazone groups is 1. The van der Waals surface area contributed by atoms with E-state index in [-0.39, 0.29) is 16.3 Å². The van der Waals surface area contributed by atoms with Crippen molar-refractivity contribution in [2.45, 2.75) is 5.16 Å². The van der Waals surface area contributed by atoms with Crippen LogP contribution in [0, 0.1) is 5.82 Å². The van der Waals surface area contributed by atoms with Crippen molar-refractivity contribution in [1.29, 1.82) is 0 Å². The zero-order valence-corrected chi connectivity index (χ0v) is 20.9. The Balaban J connectivity index is 1.54. The van der Waals surface area contributed by atoms with E-state index in [1.165, 1.54) is 36.2 Å². The van der Waals surface area contributed by atoms with Crippen LogP contribution in [0.25, 0.3) is 17.1 Å². The number of methoxy groups -OCH3 is 2. The number of thioether (sulfide) groups is 1. The van der Waals surface area contributed by atoms with E-state index < -0.39 is 11.7 Å². The average molecular weight is 526 g/mol. The molecule has 0 atom stereocenters. The van der Waals surface area contributed by atoms with Gasteiger partial charge in [0.25, 0.3) is 5.91 Å². The lowest BCUT2D eigenvalue weighted by Gasteiger charge is -2.11. The maximum Gasteiger partial charge on any atom is 0.250 e. The highest BCUT2D eigenvalue weighted by molar-refractivity contribution is 7.99. The first kappa shape index (κ1) is 25.2. The van der Waals surface area contributed by atoms with Gasteiger partial charge in [-0.25, -0.2) is 9.82 Å². The number of amides is 1. The molecule has 1 amide bonds. The molecule has 0 aliphatic rings. The number of carbonyl (C=O) groups excluding carboxylic acids is 1. The molecule has 1 N–H and O–H groups in total. The minimum atomic E-state index is -0.534. The number of ether oxygens (including phenoxy) is 2. The quantitative estimate of drug-likeness (QED) is 0.188. The fraction of sp³-hybridized carbons (Fsp3) is 0.120. The number of rotatable bonds is 9. The van der Waals surface area contributed by atoms with Gasteiger partial charge in [0, 0.05) is 16.8 Å². The molecule has 11 heteroatoms. The second kappa shape index (κ2) is 11.7. The number of hydrogen-bond acceptors (Lipinski definition) is 7. The van der Waals surface area contributed by atoms with Crippen molar-refractivity contribution in [2.75, 3.05) is 20.0 Å². The van der Waals surface area contributed by atoms with Gasteiger partial charge in [0.2, 0.25) is 0 Å². The minimum Gasteiger partial charge on any atom is -0.497 e. The first-order chi connectivity index (χ1) is 17.5. The van der Waals surface area contributed by atoms with E-state index in [1.54, 1.807) is 14.2 Å². The Labute approximate surface area is 216 Å². The fourth-order valence-corrected chi connectivity index (χ4v) is 4.18. The summed E-state index contributed by atoms with van der Waals surface area (Å²) in [4.78, 5) is 12.4. The first-order valence-electron chi connectivity index (χ1n) is 10.6. The van der Waals surface area contributed by atoms with E-state index in [2.05, 4.69) is 20.7 Å². The molecular weight excluding hydrogens is 505 g/mol. The summed E-state index contributed by atoms with van der Waals surface area (Å²) in [5, 5.41) is 13.2. The van der Waals surface area contributed by atoms with Gasteiger partial charge in [-0.3, -0.25) is 9.36 Å². The highest BCUT2D eigenvalue weighted by Crippen LogP contribution is 2.29. The molecule has 0 radical (unpaired) electrons. The Bertz CT molecular complexity index is 1360. The molecule has 0 aliphatic heterocycles. The van der Waals surface area contributed by atoms with E-state index in [9.17, 15) is 9.18 Å². The molecule has 4 rings (SSSR count). The monoisotopic (exact) mass is 525 g/mol. The predicted octanol–water partition coefficient (Wildman–Crippen LogP) is 4.99. The molecule has 1 heterocycles. The van der Waals surface area contributed by atoms with Crippen LogP contribution in [-0.4, -0.2) is 46.9 Å². The molecule has 0 saturated heterocycles. The van der Waals surface area contributed by atoms with Crippen molar-refractivity contribution in [2.24, 2.45) is 5.10 Å². The molecule has 0 spiro atoms. The lowest BCUT2D eigenvalue weighted by atomic mass is 10.2. The van der Waals surface area contributed by atoms with E-state index in [0.29, 0.717) is 16.7 Å². The smallest absolute Gasteiger partial charge is 0.250 e. The van der Waals surface area contributed by atoms with Crippen LogP contribution in [0.5, 0.6) is 11.5 Å². The Hall–Kier alpha value is -3.89. The zero-order chi connectivity index (χ0) is 25.5. The minimum absolute atomic E-state index is 0.000749. The van der Waals surface area contributed by atoms with Gasteiger partial charge < -0.3 is 9.47 Å². The number of aromatic nitrogens is 3. The second-order valence-corrected chi connectivity index (χ2v) is 8.64. The molecule has 3 aromatic carbocycles. The van der Waals surface area contributed by atoms with Crippen LogP contribution in [0.4, 0.5) is 4.39 Å². The lowest BCUT2D eigenvalue weighted by Crippen LogP contribution is -2.20. The standard InChI is InChI=1S/C25H21ClFN5O3S/c1-34-18-10-6-16(7-11-18)24-30-31-25(32(24)17-8-12-19(35-2)13-9-17)36-15-23(33)29-28-14-20-21(26)4-3-5-22(20)27/h3-14H,15H2,1-2H3,(H,29,33)/b28-14-. The Morgan fingerprint density at radius 2 is 1.72 bits per heavy atom.